The van der Waals surface area contributed by atoms with Crippen LogP contribution in [0.1, 0.15) is 0 Å². The number of hydrogen-bond acceptors (Lipinski definition) is 21. The molecule has 10 N–H and O–H groups in total. The fraction of sp³-hybridized carbons (Fsp3) is 0.958. The molecule has 0 unspecified atom stereocenters. The van der Waals surface area contributed by atoms with Gasteiger partial charge in [-0.1, -0.05) is 0 Å². The molecule has 22 nitrogen and oxygen atoms in total. The van der Waals surface area contributed by atoms with Crippen molar-refractivity contribution in [1.82, 2.24) is 0 Å². The second-order valence-electron chi connectivity index (χ2n) is 11.5. The first kappa shape index (κ1) is 37.1. The molecule has 0 radical (unpaired) electrons. The van der Waals surface area contributed by atoms with Crippen molar-refractivity contribution in [2.75, 3.05) is 26.4 Å². The van der Waals surface area contributed by atoms with Crippen molar-refractivity contribution in [1.29, 1.82) is 0 Å². The molecule has 23 heteroatoms. The van der Waals surface area contributed by atoms with E-state index in [1.165, 1.54) is 0 Å². The smallest absolute Gasteiger partial charge is 0.394 e. The monoisotopic (exact) mass is 710 g/mol. The molecular formula is C24H38O22S. The first-order chi connectivity index (χ1) is 22.2. The van der Waals surface area contributed by atoms with E-state index in [9.17, 15) is 59.2 Å². The number of aliphatic hydroxyl groups excluding tert-OH is 9. The van der Waals surface area contributed by atoms with Gasteiger partial charge in [0.25, 0.3) is 0 Å². The minimum absolute atomic E-state index is 0.0464. The van der Waals surface area contributed by atoms with Crippen LogP contribution in [0.4, 0.5) is 0 Å². The minimum Gasteiger partial charge on any atom is -0.394 e. The number of carbonyl (C=O) groups excluding carboxylic acids is 1. The number of aldehydes is 1. The lowest BCUT2D eigenvalue weighted by Crippen LogP contribution is -2.65. The second-order valence-corrected chi connectivity index (χ2v) is 12.6. The highest BCUT2D eigenvalue weighted by atomic mass is 32.3. The van der Waals surface area contributed by atoms with Crippen LogP contribution in [0.3, 0.4) is 0 Å². The minimum atomic E-state index is -5.34. The summed E-state index contributed by atoms with van der Waals surface area (Å²) in [4.78, 5) is 11.4. The Hall–Kier alpha value is -1.14. The largest absolute Gasteiger partial charge is 0.397 e. The van der Waals surface area contributed by atoms with Crippen LogP contribution >= 0.6 is 0 Å². The van der Waals surface area contributed by atoms with Crippen molar-refractivity contribution in [3.05, 3.63) is 0 Å². The van der Waals surface area contributed by atoms with Crippen LogP contribution in [0.25, 0.3) is 0 Å². The first-order valence-electron chi connectivity index (χ1n) is 14.4. The molecule has 19 atom stereocenters. The van der Waals surface area contributed by atoms with Crippen molar-refractivity contribution in [2.45, 2.75) is 117 Å². The molecule has 5 heterocycles. The lowest BCUT2D eigenvalue weighted by molar-refractivity contribution is -0.367. The van der Waals surface area contributed by atoms with Gasteiger partial charge in [0.15, 0.2) is 25.2 Å². The Morgan fingerprint density at radius 2 is 1.34 bits per heavy atom. The maximum absolute atomic E-state index is 11.4. The van der Waals surface area contributed by atoms with Crippen LogP contribution in [0.5, 0.6) is 0 Å². The normalized spacial score (nSPS) is 46.1. The van der Waals surface area contributed by atoms with E-state index in [4.69, 9.17) is 42.4 Å². The van der Waals surface area contributed by atoms with Gasteiger partial charge in [0.05, 0.1) is 26.4 Å². The Bertz CT molecular complexity index is 1160. The van der Waals surface area contributed by atoms with Gasteiger partial charge in [-0.2, -0.15) is 8.42 Å². The lowest BCUT2D eigenvalue weighted by Gasteiger charge is -2.46. The summed E-state index contributed by atoms with van der Waals surface area (Å²) in [5.74, 6) is 0. The number of rotatable bonds is 14. The van der Waals surface area contributed by atoms with E-state index in [2.05, 4.69) is 4.18 Å². The molecule has 0 aromatic carbocycles. The molecule has 47 heavy (non-hydrogen) atoms. The Morgan fingerprint density at radius 3 is 1.98 bits per heavy atom. The zero-order chi connectivity index (χ0) is 34.4. The van der Waals surface area contributed by atoms with Gasteiger partial charge in [-0.25, -0.2) is 4.18 Å². The van der Waals surface area contributed by atoms with E-state index in [0.29, 0.717) is 0 Å². The zero-order valence-corrected chi connectivity index (χ0v) is 25.0. The third-order valence-electron chi connectivity index (χ3n) is 8.46. The molecule has 5 aliphatic rings. The summed E-state index contributed by atoms with van der Waals surface area (Å²) in [5.41, 5.74) is 0. The number of carbonyl (C=O) groups is 1. The highest BCUT2D eigenvalue weighted by Crippen LogP contribution is 2.38. The molecule has 0 aromatic heterocycles. The van der Waals surface area contributed by atoms with Crippen molar-refractivity contribution >= 4 is 16.7 Å². The Kier molecular flexibility index (Phi) is 11.8. The molecule has 0 aromatic rings. The third kappa shape index (κ3) is 7.64. The van der Waals surface area contributed by atoms with Gasteiger partial charge in [-0.05, 0) is 0 Å². The van der Waals surface area contributed by atoms with Crippen molar-refractivity contribution in [3.8, 4) is 0 Å². The van der Waals surface area contributed by atoms with E-state index in [0.717, 1.165) is 0 Å². The fourth-order valence-corrected chi connectivity index (χ4v) is 6.58. The zero-order valence-electron chi connectivity index (χ0n) is 24.2. The van der Waals surface area contributed by atoms with Crippen LogP contribution in [0.15, 0.2) is 0 Å². The Labute approximate surface area is 265 Å². The third-order valence-corrected chi connectivity index (χ3v) is 8.92. The van der Waals surface area contributed by atoms with Crippen LogP contribution in [0, 0.1) is 0 Å². The van der Waals surface area contributed by atoms with Crippen LogP contribution in [-0.4, -0.2) is 208 Å². The van der Waals surface area contributed by atoms with Gasteiger partial charge in [0.2, 0.25) is 0 Å². The fourth-order valence-electron chi connectivity index (χ4n) is 6.06. The lowest BCUT2D eigenvalue weighted by atomic mass is 9.97. The van der Waals surface area contributed by atoms with E-state index < -0.39 is 140 Å². The Morgan fingerprint density at radius 1 is 0.745 bits per heavy atom. The number of fused-ring (bicyclic) bond motifs is 4. The maximum atomic E-state index is 11.4. The summed E-state index contributed by atoms with van der Waals surface area (Å²) in [6.07, 6.45) is -30.7. The molecule has 0 spiro atoms. The molecule has 4 bridgehead atoms. The van der Waals surface area contributed by atoms with Crippen molar-refractivity contribution < 1.29 is 106 Å². The van der Waals surface area contributed by atoms with Gasteiger partial charge < -0.3 is 88.6 Å². The van der Waals surface area contributed by atoms with E-state index in [-0.39, 0.29) is 19.5 Å². The van der Waals surface area contributed by atoms with Gasteiger partial charge in [-0.3, -0.25) is 4.55 Å². The maximum Gasteiger partial charge on any atom is 0.397 e. The predicted molar refractivity (Wildman–Crippen MR) is 139 cm³/mol. The highest BCUT2D eigenvalue weighted by Gasteiger charge is 2.58. The average molecular weight is 711 g/mol. The summed E-state index contributed by atoms with van der Waals surface area (Å²) in [7, 11) is -5.34. The molecule has 0 saturated carbocycles. The van der Waals surface area contributed by atoms with Crippen LogP contribution in [-0.2, 0) is 57.3 Å². The van der Waals surface area contributed by atoms with Gasteiger partial charge in [-0.15, -0.1) is 0 Å². The molecule has 0 aliphatic carbocycles. The van der Waals surface area contributed by atoms with Crippen molar-refractivity contribution in [3.63, 3.8) is 0 Å². The van der Waals surface area contributed by atoms with E-state index >= 15 is 0 Å². The molecule has 5 fully saturated rings. The number of hydrogen-bond donors (Lipinski definition) is 10. The van der Waals surface area contributed by atoms with Crippen LogP contribution in [0.2, 0.25) is 0 Å². The van der Waals surface area contributed by atoms with E-state index in [1.54, 1.807) is 0 Å². The summed E-state index contributed by atoms with van der Waals surface area (Å²) in [6, 6.07) is 0. The SMILES string of the molecule is O=C[C@H](O)[C@@H](O[C@H]1O[C@@H]2CO[C@H]([C@H]1O)[C@H]2O[C@@H]1O[C@H](CO)[C@H](O)[C@H](O[C@H]2O[C@@H]3CO[C@@H]([C@H]3O)[C@H]2O)[C@H]1O)[C@@H](OS(=O)(=O)O)[C@H](O)CO. The molecule has 5 aliphatic heterocycles. The quantitative estimate of drug-likeness (QED) is 0.0591. The number of aliphatic hydroxyl groups is 9. The second kappa shape index (κ2) is 15.0. The van der Waals surface area contributed by atoms with Gasteiger partial charge in [0.1, 0.15) is 97.7 Å². The summed E-state index contributed by atoms with van der Waals surface area (Å²) in [5, 5.41) is 93.0. The topological polar surface area (TPSA) is 337 Å². The Balaban J connectivity index is 1.28. The van der Waals surface area contributed by atoms with Gasteiger partial charge in [0, 0.05) is 0 Å². The summed E-state index contributed by atoms with van der Waals surface area (Å²) in [6.45, 7) is -2.29. The van der Waals surface area contributed by atoms with Crippen LogP contribution < -0.4 is 0 Å². The number of ether oxygens (including phenoxy) is 8. The molecule has 272 valence electrons. The standard InChI is InChI=1S/C24H38O22S/c25-1-6(28)16(17(7(29)2-26)46-47(35,36)37)43-24-15(34)21-18(10(42-24)5-39-21)44-23-14(33)20(11(30)8(3-27)40-23)45-22-13(32)19-12(31)9(41-22)4-38-19/h1,6-24,26-34H,2-5H2,(H,35,36,37)/t6-,7+,8+,9+,10+,11-,12-,13+,14+,15+,16+,17-,18-,19-,20-,21+,22+,23-,24+/m0/s1. The van der Waals surface area contributed by atoms with Gasteiger partial charge >= 0.3 is 10.4 Å². The van der Waals surface area contributed by atoms with Crippen molar-refractivity contribution in [2.24, 2.45) is 0 Å². The molecule has 0 amide bonds. The summed E-state index contributed by atoms with van der Waals surface area (Å²) < 4.78 is 80.7. The summed E-state index contributed by atoms with van der Waals surface area (Å²) >= 11 is 0. The predicted octanol–water partition coefficient (Wildman–Crippen LogP) is -7.99. The molecule has 5 rings (SSSR count). The highest BCUT2D eigenvalue weighted by molar-refractivity contribution is 7.80. The van der Waals surface area contributed by atoms with E-state index in [1.807, 2.05) is 0 Å². The first-order valence-corrected chi connectivity index (χ1v) is 15.8. The molecule has 5 saturated heterocycles. The molecular weight excluding hydrogens is 672 g/mol. The average Bonchev–Trinajstić information content (AvgIpc) is 3.49.